The first-order valence-electron chi connectivity index (χ1n) is 9.25. The van der Waals surface area contributed by atoms with Crippen molar-refractivity contribution in [1.29, 1.82) is 0 Å². The molecule has 0 spiro atoms. The van der Waals surface area contributed by atoms with Crippen LogP contribution in [0.15, 0.2) is 49.1 Å². The third-order valence-corrected chi connectivity index (χ3v) is 4.49. The number of hydrogen-bond donors (Lipinski definition) is 1. The molecule has 2 atom stereocenters. The highest BCUT2D eigenvalue weighted by Crippen LogP contribution is 2.26. The fourth-order valence-electron chi connectivity index (χ4n) is 3.03. The number of carbonyl (C=O) groups is 1. The van der Waals surface area contributed by atoms with E-state index in [2.05, 4.69) is 13.5 Å². The maximum atomic E-state index is 11.2. The van der Waals surface area contributed by atoms with Crippen LogP contribution in [0.2, 0.25) is 0 Å². The minimum absolute atomic E-state index is 0.0100. The predicted molar refractivity (Wildman–Crippen MR) is 103 cm³/mol. The summed E-state index contributed by atoms with van der Waals surface area (Å²) < 4.78 is 0. The third kappa shape index (κ3) is 8.71. The van der Waals surface area contributed by atoms with Crippen LogP contribution in [0.5, 0.6) is 0 Å². The standard InChI is InChI=1S/C22H32O2/c1-3-5-6-7-8-12-15-20(4-2)21(18-22(23)24)17-16-19-13-10-9-11-14-19/h4,9-11,13-14,16-17,20-21H,2-3,5-8,12,15,18H2,1H3,(H,23,24)/b17-16+. The second kappa shape index (κ2) is 12.6. The molecule has 0 bridgehead atoms. The van der Waals surface area contributed by atoms with Crippen LogP contribution in [-0.2, 0) is 4.79 Å². The number of benzene rings is 1. The summed E-state index contributed by atoms with van der Waals surface area (Å²) in [5, 5.41) is 9.23. The van der Waals surface area contributed by atoms with Gasteiger partial charge in [0.2, 0.25) is 0 Å². The second-order valence-corrected chi connectivity index (χ2v) is 6.49. The summed E-state index contributed by atoms with van der Waals surface area (Å²) in [6.45, 7) is 6.17. The number of unbranched alkanes of at least 4 members (excludes halogenated alkanes) is 5. The van der Waals surface area contributed by atoms with Crippen molar-refractivity contribution in [3.63, 3.8) is 0 Å². The van der Waals surface area contributed by atoms with Gasteiger partial charge >= 0.3 is 5.97 Å². The van der Waals surface area contributed by atoms with E-state index >= 15 is 0 Å². The Morgan fingerprint density at radius 1 is 1.08 bits per heavy atom. The van der Waals surface area contributed by atoms with Crippen molar-refractivity contribution in [2.45, 2.75) is 58.3 Å². The number of carboxylic acid groups (broad SMARTS) is 1. The van der Waals surface area contributed by atoms with E-state index in [4.69, 9.17) is 0 Å². The molecule has 0 saturated carbocycles. The first-order valence-corrected chi connectivity index (χ1v) is 9.25. The molecule has 24 heavy (non-hydrogen) atoms. The number of allylic oxidation sites excluding steroid dienone is 2. The highest BCUT2D eigenvalue weighted by molar-refractivity contribution is 5.67. The zero-order valence-electron chi connectivity index (χ0n) is 15.0. The van der Waals surface area contributed by atoms with Crippen LogP contribution >= 0.6 is 0 Å². The van der Waals surface area contributed by atoms with Crippen LogP contribution in [0.3, 0.4) is 0 Å². The summed E-state index contributed by atoms with van der Waals surface area (Å²) in [7, 11) is 0. The summed E-state index contributed by atoms with van der Waals surface area (Å²) in [5.41, 5.74) is 1.11. The van der Waals surface area contributed by atoms with Crippen molar-refractivity contribution in [1.82, 2.24) is 0 Å². The molecular weight excluding hydrogens is 296 g/mol. The number of aliphatic carboxylic acids is 1. The van der Waals surface area contributed by atoms with E-state index in [1.807, 2.05) is 48.6 Å². The monoisotopic (exact) mass is 328 g/mol. The maximum Gasteiger partial charge on any atom is 0.303 e. The van der Waals surface area contributed by atoms with Gasteiger partial charge in [-0.05, 0) is 23.8 Å². The highest BCUT2D eigenvalue weighted by atomic mass is 16.4. The Hall–Kier alpha value is -1.83. The zero-order valence-corrected chi connectivity index (χ0v) is 15.0. The highest BCUT2D eigenvalue weighted by Gasteiger charge is 2.19. The second-order valence-electron chi connectivity index (χ2n) is 6.49. The summed E-state index contributed by atoms with van der Waals surface area (Å²) in [5.74, 6) is -0.504. The van der Waals surface area contributed by atoms with Crippen molar-refractivity contribution in [2.24, 2.45) is 11.8 Å². The molecule has 1 N–H and O–H groups in total. The Labute approximate surface area is 147 Å². The fourth-order valence-corrected chi connectivity index (χ4v) is 3.03. The SMILES string of the molecule is C=CC(CCCCCCCC)C(/C=C/c1ccccc1)CC(=O)O. The lowest BCUT2D eigenvalue weighted by molar-refractivity contribution is -0.138. The Morgan fingerprint density at radius 2 is 1.75 bits per heavy atom. The number of carboxylic acids is 1. The lowest BCUT2D eigenvalue weighted by atomic mass is 9.84. The molecule has 1 rings (SSSR count). The molecular formula is C22H32O2. The van der Waals surface area contributed by atoms with Gasteiger partial charge in [0.15, 0.2) is 0 Å². The Bertz CT molecular complexity index is 490. The fraction of sp³-hybridized carbons (Fsp3) is 0.500. The molecule has 0 fully saturated rings. The van der Waals surface area contributed by atoms with E-state index in [1.165, 1.54) is 32.1 Å². The van der Waals surface area contributed by atoms with Gasteiger partial charge in [0.1, 0.15) is 0 Å². The van der Waals surface area contributed by atoms with E-state index in [9.17, 15) is 9.90 Å². The first-order chi connectivity index (χ1) is 11.7. The van der Waals surface area contributed by atoms with Crippen LogP contribution < -0.4 is 0 Å². The van der Waals surface area contributed by atoms with Crippen LogP contribution in [0.1, 0.15) is 63.9 Å². The lowest BCUT2D eigenvalue weighted by Gasteiger charge is -2.20. The summed E-state index contributed by atoms with van der Waals surface area (Å²) in [6.07, 6.45) is 14.7. The molecule has 0 amide bonds. The van der Waals surface area contributed by atoms with Crippen molar-refractivity contribution >= 4 is 12.0 Å². The van der Waals surface area contributed by atoms with Gasteiger partial charge in [0.05, 0.1) is 6.42 Å². The van der Waals surface area contributed by atoms with Gasteiger partial charge in [-0.1, -0.05) is 94.0 Å². The minimum atomic E-state index is -0.743. The van der Waals surface area contributed by atoms with Gasteiger partial charge in [-0.15, -0.1) is 6.58 Å². The maximum absolute atomic E-state index is 11.2. The van der Waals surface area contributed by atoms with Crippen LogP contribution in [0.25, 0.3) is 6.08 Å². The predicted octanol–water partition coefficient (Wildman–Crippen LogP) is 6.34. The van der Waals surface area contributed by atoms with E-state index in [-0.39, 0.29) is 18.3 Å². The van der Waals surface area contributed by atoms with Crippen LogP contribution in [0, 0.1) is 11.8 Å². The minimum Gasteiger partial charge on any atom is -0.481 e. The molecule has 0 aliphatic rings. The topological polar surface area (TPSA) is 37.3 Å². The summed E-state index contributed by atoms with van der Waals surface area (Å²) in [4.78, 5) is 11.2. The first kappa shape index (κ1) is 20.2. The smallest absolute Gasteiger partial charge is 0.303 e. The Morgan fingerprint density at radius 3 is 2.38 bits per heavy atom. The average molecular weight is 328 g/mol. The molecule has 0 heterocycles. The van der Waals surface area contributed by atoms with E-state index in [0.717, 1.165) is 18.4 Å². The molecule has 0 radical (unpaired) electrons. The molecule has 2 nitrogen and oxygen atoms in total. The molecule has 0 aliphatic carbocycles. The van der Waals surface area contributed by atoms with Crippen molar-refractivity contribution in [2.75, 3.05) is 0 Å². The third-order valence-electron chi connectivity index (χ3n) is 4.49. The molecule has 2 heteroatoms. The normalized spacial score (nSPS) is 13.7. The van der Waals surface area contributed by atoms with E-state index < -0.39 is 5.97 Å². The molecule has 0 aliphatic heterocycles. The van der Waals surface area contributed by atoms with Gasteiger partial charge in [-0.3, -0.25) is 4.79 Å². The van der Waals surface area contributed by atoms with E-state index in [1.54, 1.807) is 0 Å². The molecule has 1 aromatic rings. The summed E-state index contributed by atoms with van der Waals surface area (Å²) >= 11 is 0. The molecule has 1 aromatic carbocycles. The number of rotatable bonds is 13. The van der Waals surface area contributed by atoms with Gasteiger partial charge in [-0.2, -0.15) is 0 Å². The van der Waals surface area contributed by atoms with Gasteiger partial charge in [0.25, 0.3) is 0 Å². The lowest BCUT2D eigenvalue weighted by Crippen LogP contribution is -2.15. The molecule has 132 valence electrons. The van der Waals surface area contributed by atoms with Crippen molar-refractivity contribution < 1.29 is 9.90 Å². The van der Waals surface area contributed by atoms with Gasteiger partial charge in [-0.25, -0.2) is 0 Å². The largest absolute Gasteiger partial charge is 0.481 e. The van der Waals surface area contributed by atoms with Crippen LogP contribution in [-0.4, -0.2) is 11.1 Å². The molecule has 0 aromatic heterocycles. The average Bonchev–Trinajstić information content (AvgIpc) is 2.59. The molecule has 0 saturated heterocycles. The summed E-state index contributed by atoms with van der Waals surface area (Å²) in [6, 6.07) is 10.0. The zero-order chi connectivity index (χ0) is 17.6. The van der Waals surface area contributed by atoms with Gasteiger partial charge < -0.3 is 5.11 Å². The quantitative estimate of drug-likeness (QED) is 0.339. The molecule has 2 unspecified atom stereocenters. The van der Waals surface area contributed by atoms with Crippen LogP contribution in [0.4, 0.5) is 0 Å². The van der Waals surface area contributed by atoms with Crippen molar-refractivity contribution in [3.8, 4) is 0 Å². The van der Waals surface area contributed by atoms with E-state index in [0.29, 0.717) is 0 Å². The Balaban J connectivity index is 2.57. The Kier molecular flexibility index (Phi) is 10.6. The van der Waals surface area contributed by atoms with Crippen molar-refractivity contribution in [3.05, 3.63) is 54.6 Å². The number of hydrogen-bond acceptors (Lipinski definition) is 1. The van der Waals surface area contributed by atoms with Gasteiger partial charge in [0, 0.05) is 0 Å².